The highest BCUT2D eigenvalue weighted by molar-refractivity contribution is 7.80. The first kappa shape index (κ1) is 12.8. The summed E-state index contributed by atoms with van der Waals surface area (Å²) in [7, 11) is 0. The molecule has 0 radical (unpaired) electrons. The van der Waals surface area contributed by atoms with Gasteiger partial charge in [0.2, 0.25) is 0 Å². The van der Waals surface area contributed by atoms with Crippen molar-refractivity contribution < 1.29 is 9.90 Å². The summed E-state index contributed by atoms with van der Waals surface area (Å²) in [6.45, 7) is 3.85. The van der Waals surface area contributed by atoms with Crippen LogP contribution in [-0.4, -0.2) is 15.9 Å². The van der Waals surface area contributed by atoms with Crippen LogP contribution in [0.25, 0.3) is 0 Å². The summed E-state index contributed by atoms with van der Waals surface area (Å²) >= 11 is 5.17. The van der Waals surface area contributed by atoms with Crippen molar-refractivity contribution in [1.29, 1.82) is 0 Å². The predicted molar refractivity (Wildman–Crippen MR) is 68.9 cm³/mol. The van der Waals surface area contributed by atoms with Gasteiger partial charge in [-0.25, -0.2) is 0 Å². The molecule has 1 N–H and O–H groups in total. The molecule has 0 heterocycles. The molecule has 0 aliphatic heterocycles. The minimum absolute atomic E-state index is 0.132. The zero-order valence-corrected chi connectivity index (χ0v) is 10.4. The van der Waals surface area contributed by atoms with Gasteiger partial charge in [-0.2, -0.15) is 0 Å². The molecule has 0 aliphatic rings. The molecule has 1 rings (SSSR count). The van der Waals surface area contributed by atoms with Gasteiger partial charge in [0.1, 0.15) is 0 Å². The predicted octanol–water partition coefficient (Wildman–Crippen LogP) is 3.08. The lowest BCUT2D eigenvalue weighted by Crippen LogP contribution is -2.09. The Kier molecular flexibility index (Phi) is 4.62. The van der Waals surface area contributed by atoms with Crippen LogP contribution in [0.3, 0.4) is 0 Å². The standard InChI is InChI=1S/C13H16O2S/c1-9(8-13(14)15)7-11-5-3-4-6-12(11)10(2)16/h3-6,9H,7-8H2,1-2H3,(H,14,15). The van der Waals surface area contributed by atoms with E-state index in [4.69, 9.17) is 17.3 Å². The van der Waals surface area contributed by atoms with Crippen molar-refractivity contribution >= 4 is 23.1 Å². The summed E-state index contributed by atoms with van der Waals surface area (Å²) in [6.07, 6.45) is 0.960. The summed E-state index contributed by atoms with van der Waals surface area (Å²) in [5, 5.41) is 8.71. The second kappa shape index (κ2) is 5.75. The Bertz CT molecular complexity index is 399. The number of thiocarbonyl (C=S) groups is 1. The molecular formula is C13H16O2S. The maximum absolute atomic E-state index is 10.6. The number of hydrogen-bond acceptors (Lipinski definition) is 2. The minimum Gasteiger partial charge on any atom is -0.481 e. The SMILES string of the molecule is CC(=S)c1ccccc1CC(C)CC(=O)O. The smallest absolute Gasteiger partial charge is 0.303 e. The average Bonchev–Trinajstić information content (AvgIpc) is 2.16. The quantitative estimate of drug-likeness (QED) is 0.630. The maximum atomic E-state index is 10.6. The largest absolute Gasteiger partial charge is 0.481 e. The van der Waals surface area contributed by atoms with Gasteiger partial charge in [-0.15, -0.1) is 0 Å². The molecule has 0 spiro atoms. The lowest BCUT2D eigenvalue weighted by atomic mass is 9.94. The summed E-state index contributed by atoms with van der Waals surface area (Å²) in [5.41, 5.74) is 2.21. The zero-order valence-electron chi connectivity index (χ0n) is 9.56. The number of aliphatic carboxylic acids is 1. The molecule has 1 atom stereocenters. The van der Waals surface area contributed by atoms with Crippen molar-refractivity contribution in [3.8, 4) is 0 Å². The number of benzene rings is 1. The molecular weight excluding hydrogens is 220 g/mol. The van der Waals surface area contributed by atoms with Crippen LogP contribution in [0.4, 0.5) is 0 Å². The first-order chi connectivity index (χ1) is 7.50. The first-order valence-corrected chi connectivity index (χ1v) is 5.72. The van der Waals surface area contributed by atoms with E-state index in [0.717, 1.165) is 22.4 Å². The second-order valence-corrected chi connectivity index (χ2v) is 4.73. The molecule has 0 bridgehead atoms. The number of rotatable bonds is 5. The third kappa shape index (κ3) is 3.74. The Labute approximate surface area is 101 Å². The molecule has 1 aromatic carbocycles. The summed E-state index contributed by atoms with van der Waals surface area (Å²) in [5.74, 6) is -0.614. The van der Waals surface area contributed by atoms with Crippen molar-refractivity contribution in [3.05, 3.63) is 35.4 Å². The van der Waals surface area contributed by atoms with E-state index in [1.807, 2.05) is 38.1 Å². The molecule has 0 saturated carbocycles. The monoisotopic (exact) mass is 236 g/mol. The topological polar surface area (TPSA) is 37.3 Å². The molecule has 1 unspecified atom stereocenters. The van der Waals surface area contributed by atoms with Gasteiger partial charge in [0, 0.05) is 11.3 Å². The van der Waals surface area contributed by atoms with E-state index in [9.17, 15) is 4.79 Å². The third-order valence-electron chi connectivity index (χ3n) is 2.49. The Hall–Kier alpha value is -1.22. The van der Waals surface area contributed by atoms with E-state index < -0.39 is 5.97 Å². The van der Waals surface area contributed by atoms with Crippen molar-refractivity contribution in [3.63, 3.8) is 0 Å². The Morgan fingerprint density at radius 1 is 1.44 bits per heavy atom. The van der Waals surface area contributed by atoms with Gasteiger partial charge < -0.3 is 5.11 Å². The van der Waals surface area contributed by atoms with Crippen molar-refractivity contribution in [2.24, 2.45) is 5.92 Å². The van der Waals surface area contributed by atoms with Gasteiger partial charge in [0.25, 0.3) is 0 Å². The lowest BCUT2D eigenvalue weighted by molar-refractivity contribution is -0.137. The second-order valence-electron chi connectivity index (χ2n) is 4.12. The fourth-order valence-corrected chi connectivity index (χ4v) is 1.99. The van der Waals surface area contributed by atoms with Gasteiger partial charge >= 0.3 is 5.97 Å². The first-order valence-electron chi connectivity index (χ1n) is 5.31. The molecule has 16 heavy (non-hydrogen) atoms. The van der Waals surface area contributed by atoms with Gasteiger partial charge in [-0.1, -0.05) is 43.4 Å². The van der Waals surface area contributed by atoms with Crippen LogP contribution in [0.5, 0.6) is 0 Å². The zero-order chi connectivity index (χ0) is 12.1. The normalized spacial score (nSPS) is 12.1. The van der Waals surface area contributed by atoms with E-state index in [1.54, 1.807) is 0 Å². The van der Waals surface area contributed by atoms with E-state index in [2.05, 4.69) is 0 Å². The Morgan fingerprint density at radius 3 is 2.62 bits per heavy atom. The maximum Gasteiger partial charge on any atom is 0.303 e. The Morgan fingerprint density at radius 2 is 2.06 bits per heavy atom. The van der Waals surface area contributed by atoms with Gasteiger partial charge in [-0.3, -0.25) is 4.79 Å². The molecule has 3 heteroatoms. The highest BCUT2D eigenvalue weighted by Crippen LogP contribution is 2.17. The molecule has 2 nitrogen and oxygen atoms in total. The molecule has 0 aliphatic carbocycles. The van der Waals surface area contributed by atoms with Crippen molar-refractivity contribution in [1.82, 2.24) is 0 Å². The average molecular weight is 236 g/mol. The highest BCUT2D eigenvalue weighted by Gasteiger charge is 2.11. The molecule has 0 amide bonds. The summed E-state index contributed by atoms with van der Waals surface area (Å²) in [6, 6.07) is 7.93. The minimum atomic E-state index is -0.746. The van der Waals surface area contributed by atoms with Crippen molar-refractivity contribution in [2.45, 2.75) is 26.7 Å². The molecule has 1 aromatic rings. The summed E-state index contributed by atoms with van der Waals surface area (Å²) < 4.78 is 0. The Balaban J connectivity index is 2.80. The third-order valence-corrected chi connectivity index (χ3v) is 2.71. The molecule has 0 fully saturated rings. The van der Waals surface area contributed by atoms with Crippen molar-refractivity contribution in [2.75, 3.05) is 0 Å². The fourth-order valence-electron chi connectivity index (χ4n) is 1.79. The van der Waals surface area contributed by atoms with E-state index >= 15 is 0 Å². The van der Waals surface area contributed by atoms with E-state index in [-0.39, 0.29) is 12.3 Å². The molecule has 0 saturated heterocycles. The van der Waals surface area contributed by atoms with Crippen LogP contribution in [0.2, 0.25) is 0 Å². The van der Waals surface area contributed by atoms with Crippen LogP contribution >= 0.6 is 12.2 Å². The van der Waals surface area contributed by atoms with Crippen LogP contribution in [0.1, 0.15) is 31.4 Å². The van der Waals surface area contributed by atoms with Crippen LogP contribution < -0.4 is 0 Å². The summed E-state index contributed by atoms with van der Waals surface area (Å²) in [4.78, 5) is 11.5. The van der Waals surface area contributed by atoms with Crippen LogP contribution in [0, 0.1) is 5.92 Å². The highest BCUT2D eigenvalue weighted by atomic mass is 32.1. The van der Waals surface area contributed by atoms with Gasteiger partial charge in [-0.05, 0) is 30.4 Å². The fraction of sp³-hybridized carbons (Fsp3) is 0.385. The van der Waals surface area contributed by atoms with Crippen LogP contribution in [-0.2, 0) is 11.2 Å². The van der Waals surface area contributed by atoms with Crippen LogP contribution in [0.15, 0.2) is 24.3 Å². The number of carbonyl (C=O) groups is 1. The number of carboxylic acid groups (broad SMARTS) is 1. The van der Waals surface area contributed by atoms with E-state index in [1.165, 1.54) is 0 Å². The van der Waals surface area contributed by atoms with E-state index in [0.29, 0.717) is 0 Å². The number of carboxylic acids is 1. The molecule has 86 valence electrons. The van der Waals surface area contributed by atoms with Gasteiger partial charge in [0.15, 0.2) is 0 Å². The lowest BCUT2D eigenvalue weighted by Gasteiger charge is -2.12. The number of hydrogen-bond donors (Lipinski definition) is 1. The van der Waals surface area contributed by atoms with Gasteiger partial charge in [0.05, 0.1) is 0 Å². The molecule has 0 aromatic heterocycles.